The average Bonchev–Trinajstić information content (AvgIpc) is 2.15. The number of Topliss-reactive ketones (excluding diaryl/α,β-unsaturated/α-hetero) is 2. The van der Waals surface area contributed by atoms with E-state index in [9.17, 15) is 14.4 Å². The van der Waals surface area contributed by atoms with Gasteiger partial charge in [-0.25, -0.2) is 4.79 Å². The van der Waals surface area contributed by atoms with E-state index in [-0.39, 0.29) is 16.9 Å². The Balaban J connectivity index is 3.47. The van der Waals surface area contributed by atoms with Gasteiger partial charge in [-0.1, -0.05) is 6.08 Å². The Hall–Kier alpha value is -1.71. The van der Waals surface area contributed by atoms with Crippen LogP contribution in [0.15, 0.2) is 22.8 Å². The molecular formula is C11H12O4. The quantitative estimate of drug-likeness (QED) is 0.398. The third-order valence-corrected chi connectivity index (χ3v) is 2.58. The van der Waals surface area contributed by atoms with Crippen molar-refractivity contribution in [3.63, 3.8) is 0 Å². The highest BCUT2D eigenvalue weighted by atomic mass is 16.4. The van der Waals surface area contributed by atoms with E-state index in [2.05, 4.69) is 0 Å². The van der Waals surface area contributed by atoms with Gasteiger partial charge in [0.25, 0.3) is 0 Å². The van der Waals surface area contributed by atoms with Crippen LogP contribution < -0.4 is 0 Å². The SMILES string of the molecule is CC=C1C(=O)C(C)C(=O)C(C(=O)O)=C1C. The highest BCUT2D eigenvalue weighted by Crippen LogP contribution is 2.28. The lowest BCUT2D eigenvalue weighted by molar-refractivity contribution is -0.136. The number of carbonyl (C=O) groups excluding carboxylic acids is 2. The highest BCUT2D eigenvalue weighted by Gasteiger charge is 2.37. The Labute approximate surface area is 87.3 Å². The van der Waals surface area contributed by atoms with Crippen molar-refractivity contribution in [1.82, 2.24) is 0 Å². The maximum Gasteiger partial charge on any atom is 0.339 e. The molecule has 0 radical (unpaired) electrons. The lowest BCUT2D eigenvalue weighted by atomic mass is 9.80. The van der Waals surface area contributed by atoms with Crippen LogP contribution in [0, 0.1) is 5.92 Å². The topological polar surface area (TPSA) is 71.4 Å². The predicted octanol–water partition coefficient (Wildman–Crippen LogP) is 1.12. The maximum absolute atomic E-state index is 11.6. The predicted molar refractivity (Wildman–Crippen MR) is 53.3 cm³/mol. The first-order valence-corrected chi connectivity index (χ1v) is 4.61. The second-order valence-electron chi connectivity index (χ2n) is 3.46. The first-order valence-electron chi connectivity index (χ1n) is 4.61. The fraction of sp³-hybridized carbons (Fsp3) is 0.364. The van der Waals surface area contributed by atoms with Crippen LogP contribution in [0.1, 0.15) is 20.8 Å². The summed E-state index contributed by atoms with van der Waals surface area (Å²) in [7, 11) is 0. The molecule has 15 heavy (non-hydrogen) atoms. The second-order valence-corrected chi connectivity index (χ2v) is 3.46. The molecule has 0 bridgehead atoms. The summed E-state index contributed by atoms with van der Waals surface area (Å²) in [6.45, 7) is 4.57. The van der Waals surface area contributed by atoms with Crippen LogP contribution in [-0.2, 0) is 14.4 Å². The molecule has 1 atom stereocenters. The van der Waals surface area contributed by atoms with E-state index in [1.165, 1.54) is 13.8 Å². The summed E-state index contributed by atoms with van der Waals surface area (Å²) in [5, 5.41) is 8.88. The summed E-state index contributed by atoms with van der Waals surface area (Å²) in [4.78, 5) is 34.1. The van der Waals surface area contributed by atoms with Gasteiger partial charge in [0, 0.05) is 5.57 Å². The summed E-state index contributed by atoms with van der Waals surface area (Å²) >= 11 is 0. The largest absolute Gasteiger partial charge is 0.478 e. The van der Waals surface area contributed by atoms with Gasteiger partial charge in [0.2, 0.25) is 0 Å². The zero-order valence-corrected chi connectivity index (χ0v) is 8.83. The van der Waals surface area contributed by atoms with Gasteiger partial charge < -0.3 is 5.11 Å². The van der Waals surface area contributed by atoms with Crippen LogP contribution in [0.5, 0.6) is 0 Å². The van der Waals surface area contributed by atoms with Crippen molar-refractivity contribution in [3.8, 4) is 0 Å². The van der Waals surface area contributed by atoms with Crippen LogP contribution in [0.25, 0.3) is 0 Å². The number of allylic oxidation sites excluding steroid dienone is 3. The fourth-order valence-corrected chi connectivity index (χ4v) is 1.70. The smallest absolute Gasteiger partial charge is 0.339 e. The van der Waals surface area contributed by atoms with E-state index >= 15 is 0 Å². The molecule has 1 aliphatic rings. The van der Waals surface area contributed by atoms with Crippen molar-refractivity contribution in [1.29, 1.82) is 0 Å². The zero-order valence-electron chi connectivity index (χ0n) is 8.83. The fourth-order valence-electron chi connectivity index (χ4n) is 1.70. The first-order chi connectivity index (χ1) is 6.91. The molecule has 0 saturated heterocycles. The number of aliphatic carboxylic acids is 1. The first kappa shape index (κ1) is 11.4. The molecule has 1 unspecified atom stereocenters. The van der Waals surface area contributed by atoms with Gasteiger partial charge in [-0.3, -0.25) is 9.59 Å². The molecule has 0 amide bonds. The minimum absolute atomic E-state index is 0.262. The highest BCUT2D eigenvalue weighted by molar-refractivity contribution is 6.30. The summed E-state index contributed by atoms with van der Waals surface area (Å²) < 4.78 is 0. The Morgan fingerprint density at radius 3 is 2.27 bits per heavy atom. The molecule has 0 fully saturated rings. The minimum Gasteiger partial charge on any atom is -0.478 e. The van der Waals surface area contributed by atoms with Crippen molar-refractivity contribution < 1.29 is 19.5 Å². The second kappa shape index (κ2) is 3.81. The maximum atomic E-state index is 11.6. The molecule has 0 spiro atoms. The number of rotatable bonds is 1. The molecule has 0 saturated carbocycles. The van der Waals surface area contributed by atoms with Gasteiger partial charge in [0.15, 0.2) is 11.6 Å². The molecule has 80 valence electrons. The van der Waals surface area contributed by atoms with Crippen LogP contribution >= 0.6 is 0 Å². The molecule has 1 rings (SSSR count). The van der Waals surface area contributed by atoms with Gasteiger partial charge in [-0.15, -0.1) is 0 Å². The third-order valence-electron chi connectivity index (χ3n) is 2.58. The molecule has 4 nitrogen and oxygen atoms in total. The van der Waals surface area contributed by atoms with Gasteiger partial charge in [0.05, 0.1) is 5.92 Å². The monoisotopic (exact) mass is 208 g/mol. The number of carboxylic acids is 1. The molecule has 0 heterocycles. The van der Waals surface area contributed by atoms with Crippen LogP contribution in [0.2, 0.25) is 0 Å². The summed E-state index contributed by atoms with van der Waals surface area (Å²) in [6, 6.07) is 0. The standard InChI is InChI=1S/C11H12O4/c1-4-7-5(2)8(11(14)15)10(13)6(3)9(7)12/h4,6H,1-3H3,(H,14,15). The van der Waals surface area contributed by atoms with Crippen molar-refractivity contribution >= 4 is 17.5 Å². The number of ketones is 2. The van der Waals surface area contributed by atoms with Crippen molar-refractivity contribution in [2.45, 2.75) is 20.8 Å². The molecule has 0 aliphatic heterocycles. The Kier molecular flexibility index (Phi) is 2.88. The molecule has 1 aliphatic carbocycles. The lowest BCUT2D eigenvalue weighted by Gasteiger charge is -2.20. The normalized spacial score (nSPS) is 25.0. The number of hydrogen-bond acceptors (Lipinski definition) is 3. The van der Waals surface area contributed by atoms with Crippen molar-refractivity contribution in [2.24, 2.45) is 5.92 Å². The van der Waals surface area contributed by atoms with Gasteiger partial charge in [0.1, 0.15) is 5.57 Å². The average molecular weight is 208 g/mol. The Morgan fingerprint density at radius 1 is 1.33 bits per heavy atom. The molecule has 4 heteroatoms. The number of carbonyl (C=O) groups is 3. The van der Waals surface area contributed by atoms with E-state index in [0.29, 0.717) is 5.57 Å². The van der Waals surface area contributed by atoms with E-state index in [1.54, 1.807) is 13.0 Å². The number of carboxylic acid groups (broad SMARTS) is 1. The minimum atomic E-state index is -1.27. The van der Waals surface area contributed by atoms with Gasteiger partial charge >= 0.3 is 5.97 Å². The molecule has 0 aromatic rings. The Morgan fingerprint density at radius 2 is 1.87 bits per heavy atom. The molecular weight excluding hydrogens is 196 g/mol. The van der Waals surface area contributed by atoms with Crippen molar-refractivity contribution in [2.75, 3.05) is 0 Å². The number of hydrogen-bond donors (Lipinski definition) is 1. The van der Waals surface area contributed by atoms with Gasteiger partial charge in [-0.05, 0) is 26.3 Å². The zero-order chi connectivity index (χ0) is 11.7. The summed E-state index contributed by atoms with van der Waals surface area (Å²) in [5.74, 6) is -3.05. The molecule has 1 N–H and O–H groups in total. The van der Waals surface area contributed by atoms with Crippen LogP contribution in [0.4, 0.5) is 0 Å². The summed E-state index contributed by atoms with van der Waals surface area (Å²) in [6.07, 6.45) is 1.55. The van der Waals surface area contributed by atoms with Crippen molar-refractivity contribution in [3.05, 3.63) is 22.8 Å². The van der Waals surface area contributed by atoms with E-state index in [4.69, 9.17) is 5.11 Å². The third kappa shape index (κ3) is 1.63. The molecule has 0 aromatic heterocycles. The van der Waals surface area contributed by atoms with Gasteiger partial charge in [-0.2, -0.15) is 0 Å². The van der Waals surface area contributed by atoms with E-state index < -0.39 is 17.7 Å². The molecule has 0 aromatic carbocycles. The van der Waals surface area contributed by atoms with E-state index in [0.717, 1.165) is 0 Å². The van der Waals surface area contributed by atoms with Crippen LogP contribution in [-0.4, -0.2) is 22.6 Å². The Bertz CT molecular complexity index is 412. The van der Waals surface area contributed by atoms with Crippen LogP contribution in [0.3, 0.4) is 0 Å². The lowest BCUT2D eigenvalue weighted by Crippen LogP contribution is -2.33. The van der Waals surface area contributed by atoms with E-state index in [1.807, 2.05) is 0 Å². The summed E-state index contributed by atoms with van der Waals surface area (Å²) in [5.41, 5.74) is 0.327.